The van der Waals surface area contributed by atoms with Crippen LogP contribution in [0.25, 0.3) is 11.1 Å². The van der Waals surface area contributed by atoms with Crippen LogP contribution in [0.4, 0.5) is 10.5 Å². The molecule has 0 saturated carbocycles. The quantitative estimate of drug-likeness (QED) is 0.741. The Morgan fingerprint density at radius 2 is 1.91 bits per heavy atom. The summed E-state index contributed by atoms with van der Waals surface area (Å²) in [5.74, 6) is 0.573. The van der Waals surface area contributed by atoms with Gasteiger partial charge in [0.05, 0.1) is 6.20 Å². The smallest absolute Gasteiger partial charge is 0.412 e. The molecule has 2 aromatic heterocycles. The summed E-state index contributed by atoms with van der Waals surface area (Å²) in [6.45, 7) is 11.4. The van der Waals surface area contributed by atoms with Crippen LogP contribution >= 0.6 is 15.9 Å². The molecule has 7 heteroatoms. The Kier molecular flexibility index (Phi) is 4.21. The van der Waals surface area contributed by atoms with Crippen LogP contribution in [0.5, 0.6) is 0 Å². The monoisotopic (exact) mass is 369 g/mol. The summed E-state index contributed by atoms with van der Waals surface area (Å²) < 4.78 is 11.6. The van der Waals surface area contributed by atoms with E-state index >= 15 is 0 Å². The lowest BCUT2D eigenvalue weighted by molar-refractivity contribution is 0.0636. The SMILES string of the molecule is CC(C)(C)OC(=O)Nc1cnc(Br)c2nc(C(C)(C)C)oc12. The minimum absolute atomic E-state index is 0.248. The number of rotatable bonds is 1. The zero-order valence-corrected chi connectivity index (χ0v) is 15.2. The molecule has 0 atom stereocenters. The number of oxazole rings is 1. The number of fused-ring (bicyclic) bond motifs is 1. The Labute approximate surface area is 137 Å². The van der Waals surface area contributed by atoms with E-state index in [0.29, 0.717) is 27.3 Å². The number of anilines is 1. The molecule has 0 spiro atoms. The third-order valence-corrected chi connectivity index (χ3v) is 3.23. The van der Waals surface area contributed by atoms with E-state index in [9.17, 15) is 4.79 Å². The summed E-state index contributed by atoms with van der Waals surface area (Å²) in [4.78, 5) is 20.6. The van der Waals surface area contributed by atoms with Gasteiger partial charge in [0, 0.05) is 5.41 Å². The molecule has 6 nitrogen and oxygen atoms in total. The summed E-state index contributed by atoms with van der Waals surface area (Å²) in [6.07, 6.45) is 0.945. The molecule has 0 bridgehead atoms. The van der Waals surface area contributed by atoms with Gasteiger partial charge >= 0.3 is 6.09 Å². The van der Waals surface area contributed by atoms with E-state index < -0.39 is 11.7 Å². The van der Waals surface area contributed by atoms with Crippen molar-refractivity contribution < 1.29 is 13.9 Å². The highest BCUT2D eigenvalue weighted by atomic mass is 79.9. The molecule has 0 fully saturated rings. The van der Waals surface area contributed by atoms with E-state index in [0.717, 1.165) is 0 Å². The number of halogens is 1. The lowest BCUT2D eigenvalue weighted by Gasteiger charge is -2.19. The van der Waals surface area contributed by atoms with Gasteiger partial charge in [-0.25, -0.2) is 14.8 Å². The highest BCUT2D eigenvalue weighted by molar-refractivity contribution is 9.10. The van der Waals surface area contributed by atoms with Gasteiger partial charge in [-0.05, 0) is 36.7 Å². The Hall–Kier alpha value is -1.63. The number of hydrogen-bond donors (Lipinski definition) is 1. The number of hydrogen-bond acceptors (Lipinski definition) is 5. The van der Waals surface area contributed by atoms with Gasteiger partial charge in [-0.1, -0.05) is 20.8 Å². The fraction of sp³-hybridized carbons (Fsp3) is 0.533. The second-order valence-corrected chi connectivity index (χ2v) is 7.79. The first-order valence-electron chi connectivity index (χ1n) is 6.93. The molecule has 2 aromatic rings. The number of pyridine rings is 1. The van der Waals surface area contributed by atoms with E-state index in [1.807, 2.05) is 20.8 Å². The fourth-order valence-corrected chi connectivity index (χ4v) is 2.08. The van der Waals surface area contributed by atoms with Crippen molar-refractivity contribution in [1.82, 2.24) is 9.97 Å². The molecule has 22 heavy (non-hydrogen) atoms. The molecule has 0 saturated heterocycles. The van der Waals surface area contributed by atoms with Crippen molar-refractivity contribution in [2.75, 3.05) is 5.32 Å². The molecule has 120 valence electrons. The van der Waals surface area contributed by atoms with Gasteiger partial charge in [-0.15, -0.1) is 0 Å². The maximum absolute atomic E-state index is 11.9. The van der Waals surface area contributed by atoms with Crippen LogP contribution in [0.3, 0.4) is 0 Å². The van der Waals surface area contributed by atoms with Gasteiger partial charge in [0.15, 0.2) is 5.58 Å². The minimum atomic E-state index is -0.579. The van der Waals surface area contributed by atoms with Gasteiger partial charge in [-0.2, -0.15) is 0 Å². The number of nitrogens with one attached hydrogen (secondary N) is 1. The second kappa shape index (κ2) is 5.53. The Morgan fingerprint density at radius 1 is 1.27 bits per heavy atom. The van der Waals surface area contributed by atoms with Crippen LogP contribution in [0.15, 0.2) is 15.2 Å². The van der Waals surface area contributed by atoms with Crippen molar-refractivity contribution in [2.45, 2.75) is 52.6 Å². The van der Waals surface area contributed by atoms with Crippen molar-refractivity contribution in [3.63, 3.8) is 0 Å². The first-order valence-corrected chi connectivity index (χ1v) is 7.72. The molecule has 0 aromatic carbocycles. The average molecular weight is 370 g/mol. The average Bonchev–Trinajstić information content (AvgIpc) is 2.76. The highest BCUT2D eigenvalue weighted by Crippen LogP contribution is 2.33. The van der Waals surface area contributed by atoms with Gasteiger partial charge in [0.2, 0.25) is 5.89 Å². The summed E-state index contributed by atoms with van der Waals surface area (Å²) in [5.41, 5.74) is 0.637. The molecule has 0 aliphatic carbocycles. The van der Waals surface area contributed by atoms with Gasteiger partial charge < -0.3 is 9.15 Å². The molecule has 0 unspecified atom stereocenters. The Morgan fingerprint density at radius 3 is 2.45 bits per heavy atom. The van der Waals surface area contributed by atoms with Crippen LogP contribution in [-0.4, -0.2) is 21.7 Å². The summed E-state index contributed by atoms with van der Waals surface area (Å²) in [7, 11) is 0. The third-order valence-electron chi connectivity index (χ3n) is 2.65. The lowest BCUT2D eigenvalue weighted by atomic mass is 9.97. The number of amides is 1. The van der Waals surface area contributed by atoms with Crippen LogP contribution in [-0.2, 0) is 10.2 Å². The minimum Gasteiger partial charge on any atom is -0.444 e. The van der Waals surface area contributed by atoms with E-state index in [-0.39, 0.29) is 5.41 Å². The van der Waals surface area contributed by atoms with Gasteiger partial charge in [0.25, 0.3) is 0 Å². The molecular weight excluding hydrogens is 350 g/mol. The summed E-state index contributed by atoms with van der Waals surface area (Å²) in [5, 5.41) is 2.66. The molecule has 0 radical (unpaired) electrons. The number of ether oxygens (including phenoxy) is 1. The molecule has 1 N–H and O–H groups in total. The number of carbonyl (C=O) groups is 1. The molecule has 0 aliphatic rings. The predicted molar refractivity (Wildman–Crippen MR) is 88.1 cm³/mol. The van der Waals surface area contributed by atoms with Gasteiger partial charge in [-0.3, -0.25) is 5.32 Å². The predicted octanol–water partition coefficient (Wildman–Crippen LogP) is 4.63. The summed E-state index contributed by atoms with van der Waals surface area (Å²) in [6, 6.07) is 0. The third kappa shape index (κ3) is 3.76. The molecule has 2 heterocycles. The van der Waals surface area contributed by atoms with Crippen LogP contribution in [0.1, 0.15) is 47.4 Å². The van der Waals surface area contributed by atoms with E-state index in [1.54, 1.807) is 20.8 Å². The number of aromatic nitrogens is 2. The standard InChI is InChI=1S/C15H20BrN3O3/c1-14(2,3)12-19-9-10(21-12)8(7-17-11(9)16)18-13(20)22-15(4,5)6/h7H,1-6H3,(H,18,20). The largest absolute Gasteiger partial charge is 0.444 e. The van der Waals surface area contributed by atoms with E-state index in [2.05, 4.69) is 31.2 Å². The topological polar surface area (TPSA) is 77.2 Å². The van der Waals surface area contributed by atoms with Crippen LogP contribution < -0.4 is 5.32 Å². The second-order valence-electron chi connectivity index (χ2n) is 7.04. The van der Waals surface area contributed by atoms with E-state index in [4.69, 9.17) is 9.15 Å². The van der Waals surface area contributed by atoms with Crippen LogP contribution in [0.2, 0.25) is 0 Å². The Bertz CT molecular complexity index is 711. The van der Waals surface area contributed by atoms with Crippen molar-refractivity contribution in [1.29, 1.82) is 0 Å². The van der Waals surface area contributed by atoms with Crippen molar-refractivity contribution in [2.24, 2.45) is 0 Å². The van der Waals surface area contributed by atoms with E-state index in [1.165, 1.54) is 6.20 Å². The van der Waals surface area contributed by atoms with Gasteiger partial charge in [0.1, 0.15) is 21.4 Å². The molecular formula is C15H20BrN3O3. The number of nitrogens with zero attached hydrogens (tertiary/aromatic N) is 2. The molecule has 2 rings (SSSR count). The highest BCUT2D eigenvalue weighted by Gasteiger charge is 2.25. The molecule has 1 amide bonds. The lowest BCUT2D eigenvalue weighted by Crippen LogP contribution is -2.27. The first-order chi connectivity index (χ1) is 9.97. The van der Waals surface area contributed by atoms with Crippen molar-refractivity contribution >= 4 is 38.8 Å². The zero-order chi connectivity index (χ0) is 16.7. The summed E-state index contributed by atoms with van der Waals surface area (Å²) >= 11 is 3.35. The first kappa shape index (κ1) is 16.7. The maximum Gasteiger partial charge on any atom is 0.412 e. The Balaban J connectivity index is 2.41. The normalized spacial score (nSPS) is 12.5. The van der Waals surface area contributed by atoms with Crippen molar-refractivity contribution in [3.05, 3.63) is 16.7 Å². The number of carbonyl (C=O) groups excluding carboxylic acids is 1. The maximum atomic E-state index is 11.9. The van der Waals surface area contributed by atoms with Crippen LogP contribution in [0, 0.1) is 0 Å². The fourth-order valence-electron chi connectivity index (χ4n) is 1.71. The molecule has 0 aliphatic heterocycles. The zero-order valence-electron chi connectivity index (χ0n) is 13.6. The van der Waals surface area contributed by atoms with Crippen molar-refractivity contribution in [3.8, 4) is 0 Å².